The number of β-amino-alcohol motifs (C(OH)–C–C–N with tert-alkyl or cyclic N) is 2. The second-order valence-electron chi connectivity index (χ2n) is 13.2. The Morgan fingerprint density at radius 3 is 1.36 bits per heavy atom. The summed E-state index contributed by atoms with van der Waals surface area (Å²) in [5.41, 5.74) is -0.0513. The van der Waals surface area contributed by atoms with E-state index in [9.17, 15) is 19.8 Å². The van der Waals surface area contributed by atoms with Crippen molar-refractivity contribution in [1.29, 1.82) is 0 Å². The first-order valence-electron chi connectivity index (χ1n) is 16.1. The zero-order valence-electron chi connectivity index (χ0n) is 29.5. The number of carboxylic acid groups (broad SMARTS) is 2. The van der Waals surface area contributed by atoms with Crippen molar-refractivity contribution in [3.05, 3.63) is 12.2 Å². The van der Waals surface area contributed by atoms with Crippen molar-refractivity contribution >= 4 is 47.0 Å². The first-order valence-corrected chi connectivity index (χ1v) is 17.6. The van der Waals surface area contributed by atoms with Crippen LogP contribution in [0.15, 0.2) is 12.2 Å². The predicted molar refractivity (Wildman–Crippen MR) is 189 cm³/mol. The summed E-state index contributed by atoms with van der Waals surface area (Å²) in [4.78, 5) is 23.3. The smallest absolute Gasteiger partial charge is 0.328 e. The second kappa shape index (κ2) is 21.9. The molecule has 2 aliphatic rings. The number of ether oxygens (including phenoxy) is 4. The monoisotopic (exact) mass is 748 g/mol. The van der Waals surface area contributed by atoms with Gasteiger partial charge in [-0.2, -0.15) is 8.75 Å². The van der Waals surface area contributed by atoms with Crippen LogP contribution in [0.4, 0.5) is 11.6 Å². The molecule has 2 fully saturated rings. The van der Waals surface area contributed by atoms with E-state index in [-0.39, 0.29) is 24.3 Å². The minimum Gasteiger partial charge on any atom is -0.478 e. The quantitative estimate of drug-likeness (QED) is 0.146. The van der Waals surface area contributed by atoms with E-state index in [2.05, 4.69) is 79.5 Å². The number of anilines is 2. The van der Waals surface area contributed by atoms with Gasteiger partial charge in [-0.25, -0.2) is 9.59 Å². The highest BCUT2D eigenvalue weighted by Gasteiger charge is 2.22. The van der Waals surface area contributed by atoms with Gasteiger partial charge in [0, 0.05) is 62.5 Å². The molecule has 0 radical (unpaired) electrons. The van der Waals surface area contributed by atoms with Crippen LogP contribution in [0.5, 0.6) is 11.8 Å². The van der Waals surface area contributed by atoms with Gasteiger partial charge in [0.2, 0.25) is 11.6 Å². The number of rotatable bonds is 14. The SMILES string of the molecule is CC(C)(C)NC[C@H](O)COc1nsnc1N1CCOCC1.CC(C)(C)NC[C@H](O)COc1nsnc1N1CCOCC1.O=C(O)C=CC(=O)O. The minimum absolute atomic E-state index is 0.0257. The van der Waals surface area contributed by atoms with E-state index in [1.54, 1.807) is 0 Å². The first kappa shape index (κ1) is 42.9. The molecule has 2 aliphatic heterocycles. The van der Waals surface area contributed by atoms with Crippen LogP contribution in [0.25, 0.3) is 0 Å². The number of nitrogens with zero attached hydrogens (tertiary/aromatic N) is 6. The van der Waals surface area contributed by atoms with Gasteiger partial charge in [0.1, 0.15) is 25.4 Å². The summed E-state index contributed by atoms with van der Waals surface area (Å²) in [5, 5.41) is 42.0. The molecule has 4 rings (SSSR count). The fourth-order valence-corrected chi connectivity index (χ4v) is 4.97. The number of nitrogens with one attached hydrogen (secondary N) is 2. The molecule has 2 aromatic rings. The third-order valence-corrected chi connectivity index (χ3v) is 7.44. The molecule has 0 saturated carbocycles. The topological polar surface area (TPSA) is 234 Å². The Labute approximate surface area is 301 Å². The highest BCUT2D eigenvalue weighted by Crippen LogP contribution is 2.27. The number of hydrogen-bond acceptors (Lipinski definition) is 18. The zero-order valence-corrected chi connectivity index (χ0v) is 31.2. The van der Waals surface area contributed by atoms with Crippen LogP contribution in [-0.4, -0.2) is 152 Å². The molecule has 6 N–H and O–H groups in total. The average molecular weight is 749 g/mol. The van der Waals surface area contributed by atoms with Crippen molar-refractivity contribution in [2.45, 2.75) is 64.8 Å². The Bertz CT molecular complexity index is 1190. The fraction of sp³-hybridized carbons (Fsp3) is 0.733. The van der Waals surface area contributed by atoms with E-state index in [1.807, 2.05) is 0 Å². The van der Waals surface area contributed by atoms with Crippen molar-refractivity contribution in [2.75, 3.05) is 88.7 Å². The summed E-state index contributed by atoms with van der Waals surface area (Å²) in [6.45, 7) is 19.6. The molecule has 0 unspecified atom stereocenters. The Hall–Kier alpha value is -3.24. The van der Waals surface area contributed by atoms with Gasteiger partial charge in [-0.05, 0) is 41.5 Å². The maximum absolute atomic E-state index is 9.95. The number of carbonyl (C=O) groups is 2. The van der Waals surface area contributed by atoms with Crippen molar-refractivity contribution in [2.24, 2.45) is 0 Å². The molecule has 284 valence electrons. The van der Waals surface area contributed by atoms with Crippen molar-refractivity contribution < 1.29 is 49.0 Å². The lowest BCUT2D eigenvalue weighted by atomic mass is 10.1. The molecular weight excluding hydrogens is 697 g/mol. The minimum atomic E-state index is -1.26. The van der Waals surface area contributed by atoms with E-state index in [0.717, 1.165) is 61.3 Å². The Morgan fingerprint density at radius 1 is 0.720 bits per heavy atom. The highest BCUT2D eigenvalue weighted by molar-refractivity contribution is 6.99. The largest absolute Gasteiger partial charge is 0.478 e. The molecule has 20 heteroatoms. The zero-order chi connectivity index (χ0) is 37.2. The molecule has 2 saturated heterocycles. The van der Waals surface area contributed by atoms with E-state index >= 15 is 0 Å². The van der Waals surface area contributed by atoms with Crippen LogP contribution in [0.1, 0.15) is 41.5 Å². The number of aromatic nitrogens is 4. The van der Waals surface area contributed by atoms with Crippen molar-refractivity contribution in [3.8, 4) is 11.8 Å². The van der Waals surface area contributed by atoms with Gasteiger partial charge >= 0.3 is 11.9 Å². The summed E-state index contributed by atoms with van der Waals surface area (Å²) in [6.07, 6.45) is -0.0445. The van der Waals surface area contributed by atoms with Gasteiger partial charge in [-0.1, -0.05) is 0 Å². The van der Waals surface area contributed by atoms with E-state index in [1.165, 1.54) is 0 Å². The van der Waals surface area contributed by atoms with Gasteiger partial charge in [-0.3, -0.25) is 0 Å². The number of aliphatic hydroxyl groups is 2. The van der Waals surface area contributed by atoms with E-state index in [0.29, 0.717) is 63.4 Å². The number of aliphatic carboxylic acids is 2. The van der Waals surface area contributed by atoms with Crippen LogP contribution in [0.2, 0.25) is 0 Å². The standard InChI is InChI=1S/2C13H24N4O3S.C4H4O4/c2*1-13(2,3)14-8-10(18)9-20-12-11(15-21-16-12)17-4-6-19-7-5-17;5-3(6)1-2-4(7)8/h2*10,14,18H,4-9H2,1-3H3;1-2H,(H,5,6)(H,7,8)/t2*10-;/m00./s1. The molecule has 50 heavy (non-hydrogen) atoms. The van der Waals surface area contributed by atoms with Crippen LogP contribution in [0.3, 0.4) is 0 Å². The number of hydrogen-bond donors (Lipinski definition) is 6. The molecule has 0 aliphatic carbocycles. The predicted octanol–water partition coefficient (Wildman–Crippen LogP) is 0.717. The normalized spacial score (nSPS) is 16.5. The summed E-state index contributed by atoms with van der Waals surface area (Å²) in [7, 11) is 0. The van der Waals surface area contributed by atoms with Crippen molar-refractivity contribution in [1.82, 2.24) is 28.1 Å². The molecule has 18 nitrogen and oxygen atoms in total. The molecule has 4 heterocycles. The molecule has 0 aromatic carbocycles. The molecule has 2 aromatic heterocycles. The Morgan fingerprint density at radius 2 is 1.06 bits per heavy atom. The van der Waals surface area contributed by atoms with E-state index < -0.39 is 24.1 Å². The third-order valence-electron chi connectivity index (χ3n) is 6.44. The summed E-state index contributed by atoms with van der Waals surface area (Å²) in [6, 6.07) is 0. The maximum Gasteiger partial charge on any atom is 0.328 e. The first-order chi connectivity index (χ1) is 23.5. The van der Waals surface area contributed by atoms with Gasteiger partial charge < -0.3 is 59.8 Å². The van der Waals surface area contributed by atoms with Gasteiger partial charge in [0.05, 0.1) is 49.9 Å². The molecular formula is C30H52N8O10S2. The average Bonchev–Trinajstić information content (AvgIpc) is 3.74. The highest BCUT2D eigenvalue weighted by atomic mass is 32.1. The Balaban J connectivity index is 0.000000286. The lowest BCUT2D eigenvalue weighted by Gasteiger charge is -2.27. The summed E-state index contributed by atoms with van der Waals surface area (Å²) in [5.74, 6) is -0.0215. The van der Waals surface area contributed by atoms with Gasteiger partial charge in [0.15, 0.2) is 0 Å². The van der Waals surface area contributed by atoms with Gasteiger partial charge in [0.25, 0.3) is 11.8 Å². The summed E-state index contributed by atoms with van der Waals surface area (Å²) >= 11 is 2.25. The third kappa shape index (κ3) is 18.7. The van der Waals surface area contributed by atoms with Crippen molar-refractivity contribution in [3.63, 3.8) is 0 Å². The lowest BCUT2D eigenvalue weighted by molar-refractivity contribution is -0.134. The van der Waals surface area contributed by atoms with E-state index in [4.69, 9.17) is 29.2 Å². The molecule has 0 bridgehead atoms. The van der Waals surface area contributed by atoms with Crippen LogP contribution >= 0.6 is 23.5 Å². The van der Waals surface area contributed by atoms with Gasteiger partial charge in [-0.15, -0.1) is 8.75 Å². The molecule has 0 amide bonds. The lowest BCUT2D eigenvalue weighted by Crippen LogP contribution is -2.42. The number of carboxylic acids is 2. The van der Waals surface area contributed by atoms with Crippen LogP contribution in [0, 0.1) is 0 Å². The van der Waals surface area contributed by atoms with Crippen LogP contribution < -0.4 is 29.9 Å². The Kier molecular flexibility index (Phi) is 18.8. The number of morpholine rings is 2. The van der Waals surface area contributed by atoms with Crippen LogP contribution in [-0.2, 0) is 19.1 Å². The maximum atomic E-state index is 9.95. The fourth-order valence-electron chi connectivity index (χ4n) is 3.93. The summed E-state index contributed by atoms with van der Waals surface area (Å²) < 4.78 is 38.8. The number of aliphatic hydroxyl groups excluding tert-OH is 2. The second-order valence-corrected chi connectivity index (χ2v) is 14.2. The molecule has 2 atom stereocenters. The molecule has 0 spiro atoms.